The van der Waals surface area contributed by atoms with Gasteiger partial charge in [0.25, 0.3) is 17.7 Å². The van der Waals surface area contributed by atoms with E-state index in [1.54, 1.807) is 24.3 Å². The fourth-order valence-electron chi connectivity index (χ4n) is 3.13. The Labute approximate surface area is 189 Å². The second-order valence-corrected chi connectivity index (χ2v) is 8.00. The molecule has 0 bridgehead atoms. The molecule has 3 rings (SSSR count). The number of aryl methyl sites for hydroxylation is 1. The lowest BCUT2D eigenvalue weighted by Gasteiger charge is -2.16. The summed E-state index contributed by atoms with van der Waals surface area (Å²) >= 11 is 11.9. The predicted molar refractivity (Wildman–Crippen MR) is 116 cm³/mol. The van der Waals surface area contributed by atoms with E-state index in [1.807, 2.05) is 6.92 Å². The van der Waals surface area contributed by atoms with Crippen molar-refractivity contribution in [3.8, 4) is 0 Å². The molecule has 1 aliphatic rings. The number of esters is 1. The second kappa shape index (κ2) is 9.49. The highest BCUT2D eigenvalue weighted by Crippen LogP contribution is 2.26. The maximum atomic E-state index is 12.4. The quantitative estimate of drug-likeness (QED) is 0.490. The number of fused-ring (bicyclic) bond motifs is 1. The van der Waals surface area contributed by atoms with Gasteiger partial charge in [-0.2, -0.15) is 0 Å². The Morgan fingerprint density at radius 3 is 2.52 bits per heavy atom. The van der Waals surface area contributed by atoms with Crippen molar-refractivity contribution in [1.82, 2.24) is 4.90 Å². The molecule has 0 radical (unpaired) electrons. The van der Waals surface area contributed by atoms with Crippen molar-refractivity contribution in [1.29, 1.82) is 0 Å². The normalized spacial score (nSPS) is 13.7. The third-order valence-electron chi connectivity index (χ3n) is 4.75. The monoisotopic (exact) mass is 462 g/mol. The molecule has 1 N–H and O–H groups in total. The van der Waals surface area contributed by atoms with Gasteiger partial charge in [-0.15, -0.1) is 0 Å². The van der Waals surface area contributed by atoms with Crippen LogP contribution in [0.5, 0.6) is 0 Å². The highest BCUT2D eigenvalue weighted by atomic mass is 35.5. The van der Waals surface area contributed by atoms with Crippen molar-refractivity contribution in [2.75, 3.05) is 11.9 Å². The lowest BCUT2D eigenvalue weighted by molar-refractivity contribution is -0.153. The Morgan fingerprint density at radius 2 is 1.77 bits per heavy atom. The van der Waals surface area contributed by atoms with Gasteiger partial charge in [0.2, 0.25) is 0 Å². The number of hydrogen-bond acceptors (Lipinski definition) is 5. The van der Waals surface area contributed by atoms with Gasteiger partial charge in [-0.1, -0.05) is 34.8 Å². The number of benzene rings is 2. The molecule has 0 aromatic heterocycles. The molecule has 0 spiro atoms. The number of rotatable bonds is 7. The zero-order valence-electron chi connectivity index (χ0n) is 16.9. The summed E-state index contributed by atoms with van der Waals surface area (Å²) in [5, 5.41) is 3.25. The van der Waals surface area contributed by atoms with Crippen LogP contribution >= 0.6 is 23.2 Å². The molecule has 0 saturated carbocycles. The van der Waals surface area contributed by atoms with Crippen LogP contribution in [0, 0.1) is 6.92 Å². The minimum atomic E-state index is -1.06. The Hall–Kier alpha value is -2.90. The molecule has 1 aliphatic heterocycles. The maximum Gasteiger partial charge on any atom is 0.306 e. The van der Waals surface area contributed by atoms with Gasteiger partial charge in [-0.25, -0.2) is 0 Å². The van der Waals surface area contributed by atoms with Crippen LogP contribution in [0.3, 0.4) is 0 Å². The molecule has 2 aromatic carbocycles. The Bertz CT molecular complexity index is 1070. The maximum absolute atomic E-state index is 12.4. The Kier molecular flexibility index (Phi) is 6.97. The van der Waals surface area contributed by atoms with Crippen LogP contribution in [-0.4, -0.2) is 41.2 Å². The van der Waals surface area contributed by atoms with E-state index in [2.05, 4.69) is 5.32 Å². The smallest absolute Gasteiger partial charge is 0.306 e. The van der Waals surface area contributed by atoms with Crippen molar-refractivity contribution < 1.29 is 23.9 Å². The van der Waals surface area contributed by atoms with E-state index in [0.29, 0.717) is 26.9 Å². The molecule has 3 amide bonds. The number of carbonyl (C=O) groups is 4. The predicted octanol–water partition coefficient (Wildman–Crippen LogP) is 4.25. The van der Waals surface area contributed by atoms with Crippen molar-refractivity contribution in [3.05, 3.63) is 63.1 Å². The number of imide groups is 1. The molecule has 1 heterocycles. The van der Waals surface area contributed by atoms with E-state index in [1.165, 1.54) is 19.1 Å². The van der Waals surface area contributed by atoms with E-state index in [0.717, 1.165) is 10.5 Å². The highest BCUT2D eigenvalue weighted by molar-refractivity contribution is 6.35. The first-order valence-corrected chi connectivity index (χ1v) is 10.3. The van der Waals surface area contributed by atoms with E-state index in [9.17, 15) is 19.2 Å². The first-order valence-electron chi connectivity index (χ1n) is 9.59. The Balaban J connectivity index is 1.48. The summed E-state index contributed by atoms with van der Waals surface area (Å²) in [6.45, 7) is 3.35. The number of ether oxygens (including phenoxy) is 1. The van der Waals surface area contributed by atoms with Crippen molar-refractivity contribution in [3.63, 3.8) is 0 Å². The van der Waals surface area contributed by atoms with Crippen LogP contribution in [0.4, 0.5) is 5.69 Å². The first kappa shape index (κ1) is 22.8. The number of halogens is 2. The molecular weight excluding hydrogens is 443 g/mol. The van der Waals surface area contributed by atoms with Crippen LogP contribution in [0.1, 0.15) is 46.0 Å². The van der Waals surface area contributed by atoms with E-state index >= 15 is 0 Å². The molecular formula is C22H20Cl2N2O5. The lowest BCUT2D eigenvalue weighted by Crippen LogP contribution is -2.32. The van der Waals surface area contributed by atoms with Gasteiger partial charge < -0.3 is 10.1 Å². The number of anilines is 1. The molecule has 0 aliphatic carbocycles. The van der Waals surface area contributed by atoms with E-state index in [-0.39, 0.29) is 31.2 Å². The Morgan fingerprint density at radius 1 is 1.06 bits per heavy atom. The molecule has 162 valence electrons. The standard InChI is InChI=1S/C22H20Cl2N2O5/c1-12-5-7-15-16(10-12)22(30)26(21(15)29)9-3-4-19(27)31-13(2)20(28)25-18-11-14(23)6-8-17(18)24/h5-8,10-11,13H,3-4,9H2,1-2H3,(H,25,28). The van der Waals surface area contributed by atoms with E-state index in [4.69, 9.17) is 27.9 Å². The molecule has 0 fully saturated rings. The zero-order valence-corrected chi connectivity index (χ0v) is 18.4. The number of nitrogens with one attached hydrogen (secondary N) is 1. The minimum Gasteiger partial charge on any atom is -0.453 e. The van der Waals surface area contributed by atoms with Gasteiger partial charge in [0.05, 0.1) is 21.8 Å². The van der Waals surface area contributed by atoms with Gasteiger partial charge >= 0.3 is 5.97 Å². The minimum absolute atomic E-state index is 0.0536. The van der Waals surface area contributed by atoms with Gasteiger partial charge in [0, 0.05) is 18.0 Å². The largest absolute Gasteiger partial charge is 0.453 e. The average Bonchev–Trinajstić information content (AvgIpc) is 2.94. The van der Waals surface area contributed by atoms with Crippen molar-refractivity contribution >= 4 is 52.6 Å². The summed E-state index contributed by atoms with van der Waals surface area (Å²) in [7, 11) is 0. The van der Waals surface area contributed by atoms with Crippen LogP contribution in [0.15, 0.2) is 36.4 Å². The number of hydrogen-bond donors (Lipinski definition) is 1. The molecule has 2 aromatic rings. The fraction of sp³-hybridized carbons (Fsp3) is 0.273. The highest BCUT2D eigenvalue weighted by Gasteiger charge is 2.35. The van der Waals surface area contributed by atoms with Gasteiger partial charge in [0.1, 0.15) is 0 Å². The number of nitrogens with zero attached hydrogens (tertiary/aromatic N) is 1. The zero-order chi connectivity index (χ0) is 22.7. The van der Waals surface area contributed by atoms with Crippen molar-refractivity contribution in [2.45, 2.75) is 32.8 Å². The third-order valence-corrected chi connectivity index (χ3v) is 5.32. The topological polar surface area (TPSA) is 92.8 Å². The summed E-state index contributed by atoms with van der Waals surface area (Å²) in [4.78, 5) is 50.3. The average molecular weight is 463 g/mol. The van der Waals surface area contributed by atoms with Gasteiger partial charge in [-0.3, -0.25) is 24.1 Å². The van der Waals surface area contributed by atoms with E-state index < -0.39 is 18.0 Å². The van der Waals surface area contributed by atoms with Gasteiger partial charge in [-0.05, 0) is 50.6 Å². The van der Waals surface area contributed by atoms with Crippen LogP contribution < -0.4 is 5.32 Å². The molecule has 1 atom stereocenters. The van der Waals surface area contributed by atoms with Gasteiger partial charge in [0.15, 0.2) is 6.10 Å². The van der Waals surface area contributed by atoms with Crippen LogP contribution in [0.25, 0.3) is 0 Å². The number of amides is 3. The van der Waals surface area contributed by atoms with Crippen LogP contribution in [0.2, 0.25) is 10.0 Å². The summed E-state index contributed by atoms with van der Waals surface area (Å²) in [6, 6.07) is 9.69. The molecule has 7 nitrogen and oxygen atoms in total. The SMILES string of the molecule is Cc1ccc2c(c1)C(=O)N(CCCC(=O)OC(C)C(=O)Nc1cc(Cl)ccc1Cl)C2=O. The summed E-state index contributed by atoms with van der Waals surface area (Å²) in [5.41, 5.74) is 1.93. The second-order valence-electron chi connectivity index (χ2n) is 7.16. The molecule has 31 heavy (non-hydrogen) atoms. The summed E-state index contributed by atoms with van der Waals surface area (Å²) < 4.78 is 5.14. The molecule has 9 heteroatoms. The fourth-order valence-corrected chi connectivity index (χ4v) is 3.46. The first-order chi connectivity index (χ1) is 14.7. The summed E-state index contributed by atoms with van der Waals surface area (Å²) in [5.74, 6) is -1.93. The summed E-state index contributed by atoms with van der Waals surface area (Å²) in [6.07, 6.45) is -0.899. The molecule has 0 saturated heterocycles. The lowest BCUT2D eigenvalue weighted by atomic mass is 10.1. The molecule has 1 unspecified atom stereocenters. The third kappa shape index (κ3) is 5.24. The van der Waals surface area contributed by atoms with Crippen molar-refractivity contribution in [2.24, 2.45) is 0 Å². The van der Waals surface area contributed by atoms with Crippen LogP contribution in [-0.2, 0) is 14.3 Å². The number of carbonyl (C=O) groups excluding carboxylic acids is 4.